The molecule has 0 fully saturated rings. The van der Waals surface area contributed by atoms with Crippen LogP contribution in [-0.2, 0) is 0 Å². The van der Waals surface area contributed by atoms with Crippen molar-refractivity contribution in [2.24, 2.45) is 0 Å². The van der Waals surface area contributed by atoms with Gasteiger partial charge in [0.25, 0.3) is 0 Å². The van der Waals surface area contributed by atoms with Gasteiger partial charge in [-0.15, -0.1) is 39.5 Å². The van der Waals surface area contributed by atoms with Gasteiger partial charge in [0.1, 0.15) is 0 Å². The molecule has 0 aliphatic carbocycles. The molecule has 0 radical (unpaired) electrons. The van der Waals surface area contributed by atoms with Crippen molar-refractivity contribution in [3.63, 3.8) is 0 Å². The largest absolute Gasteiger partial charge is 1.00 e. The minimum atomic E-state index is -1.85. The molecule has 0 aromatic rings. The molecule has 0 amide bonds. The molecule has 0 aliphatic heterocycles. The van der Waals surface area contributed by atoms with Crippen LogP contribution in [0.1, 0.15) is 0 Å². The molecule has 0 aromatic carbocycles. The molecule has 0 heterocycles. The molecule has 1 nitrogen and oxygen atoms in total. The molecular formula is C18H30KNSi2. The first-order valence-corrected chi connectivity index (χ1v) is 12.6. The van der Waals surface area contributed by atoms with E-state index in [4.69, 9.17) is 4.65 Å². The van der Waals surface area contributed by atoms with Crippen LogP contribution in [0.4, 0.5) is 0 Å². The number of rotatable bonds is 14. The Labute approximate surface area is 182 Å². The summed E-state index contributed by atoms with van der Waals surface area (Å²) in [6, 6.07) is 5.86. The summed E-state index contributed by atoms with van der Waals surface area (Å²) >= 11 is 0. The monoisotopic (exact) mass is 355 g/mol. The van der Waals surface area contributed by atoms with Crippen LogP contribution < -0.4 is 51.4 Å². The summed E-state index contributed by atoms with van der Waals surface area (Å²) in [4.78, 5) is 0. The molecule has 0 aliphatic rings. The Morgan fingerprint density at radius 1 is 0.500 bits per heavy atom. The summed E-state index contributed by atoms with van der Waals surface area (Å²) in [5.41, 5.74) is 0. The van der Waals surface area contributed by atoms with Gasteiger partial charge in [-0.25, -0.2) is 0 Å². The molecule has 116 valence electrons. The van der Waals surface area contributed by atoms with Crippen molar-refractivity contribution in [2.45, 2.75) is 36.3 Å². The Hall–Kier alpha value is 0.470. The summed E-state index contributed by atoms with van der Waals surface area (Å²) in [5, 5.41) is 0. The summed E-state index contributed by atoms with van der Waals surface area (Å²) in [6.07, 6.45) is 12.1. The molecule has 22 heavy (non-hydrogen) atoms. The molecule has 0 saturated carbocycles. The zero-order valence-electron chi connectivity index (χ0n) is 14.4. The third-order valence-electron chi connectivity index (χ3n) is 3.62. The van der Waals surface area contributed by atoms with Gasteiger partial charge in [0.15, 0.2) is 0 Å². The van der Waals surface area contributed by atoms with Gasteiger partial charge in [0, 0.05) is 0 Å². The molecule has 0 N–H and O–H groups in total. The Bertz CT molecular complexity index is 301. The van der Waals surface area contributed by atoms with Gasteiger partial charge in [-0.05, 0) is 16.5 Å². The van der Waals surface area contributed by atoms with Crippen molar-refractivity contribution in [2.75, 3.05) is 0 Å². The standard InChI is InChI=1S/C18H30NSi2.K/c1-7-13-20(14-8-2,15-9-3)19-21(16-10-4,17-11-5)18-12-6;/h7-12H,1-6,13-18H2;/q-1;+1. The Morgan fingerprint density at radius 3 is 0.818 bits per heavy atom. The van der Waals surface area contributed by atoms with Crippen molar-refractivity contribution in [3.8, 4) is 0 Å². The normalized spacial score (nSPS) is 10.9. The number of nitrogens with zero attached hydrogens (tertiary/aromatic N) is 1. The van der Waals surface area contributed by atoms with E-state index in [-0.39, 0.29) is 51.4 Å². The van der Waals surface area contributed by atoms with E-state index in [9.17, 15) is 0 Å². The molecule has 0 unspecified atom stereocenters. The smallest absolute Gasteiger partial charge is 0.665 e. The van der Waals surface area contributed by atoms with Crippen LogP contribution in [0.25, 0.3) is 4.65 Å². The van der Waals surface area contributed by atoms with Crippen molar-refractivity contribution in [3.05, 3.63) is 80.6 Å². The van der Waals surface area contributed by atoms with Crippen LogP contribution in [0.15, 0.2) is 75.9 Å². The molecular weight excluding hydrogens is 325 g/mol. The number of hydrogen-bond donors (Lipinski definition) is 0. The maximum atomic E-state index is 5.53. The van der Waals surface area contributed by atoms with Gasteiger partial charge in [-0.1, -0.05) is 72.7 Å². The van der Waals surface area contributed by atoms with Gasteiger partial charge in [-0.2, -0.15) is 0 Å². The van der Waals surface area contributed by atoms with E-state index in [0.29, 0.717) is 0 Å². The van der Waals surface area contributed by atoms with Crippen molar-refractivity contribution >= 4 is 16.5 Å². The van der Waals surface area contributed by atoms with Crippen molar-refractivity contribution in [1.82, 2.24) is 0 Å². The average molecular weight is 356 g/mol. The van der Waals surface area contributed by atoms with Crippen molar-refractivity contribution < 1.29 is 51.4 Å². The van der Waals surface area contributed by atoms with E-state index in [1.54, 1.807) is 0 Å². The molecule has 0 spiro atoms. The summed E-state index contributed by atoms with van der Waals surface area (Å²) in [6.45, 7) is 23.6. The van der Waals surface area contributed by atoms with Crippen molar-refractivity contribution in [1.29, 1.82) is 0 Å². The first kappa shape index (κ1) is 24.7. The summed E-state index contributed by atoms with van der Waals surface area (Å²) < 4.78 is 5.53. The third kappa shape index (κ3) is 8.36. The second-order valence-electron chi connectivity index (χ2n) is 5.52. The average Bonchev–Trinajstić information content (AvgIpc) is 2.40. The molecule has 0 bridgehead atoms. The van der Waals surface area contributed by atoms with E-state index in [2.05, 4.69) is 39.5 Å². The van der Waals surface area contributed by atoms with Gasteiger partial charge in [-0.3, -0.25) is 0 Å². The van der Waals surface area contributed by atoms with Gasteiger partial charge >= 0.3 is 51.4 Å². The predicted molar refractivity (Wildman–Crippen MR) is 105 cm³/mol. The fourth-order valence-corrected chi connectivity index (χ4v) is 13.3. The second kappa shape index (κ2) is 13.9. The van der Waals surface area contributed by atoms with Crippen LogP contribution in [0.3, 0.4) is 0 Å². The summed E-state index contributed by atoms with van der Waals surface area (Å²) in [5.74, 6) is 0. The minimum Gasteiger partial charge on any atom is -0.665 e. The first-order valence-electron chi connectivity index (χ1n) is 7.47. The molecule has 0 rings (SSSR count). The Kier molecular flexibility index (Phi) is 15.6. The zero-order valence-corrected chi connectivity index (χ0v) is 19.5. The predicted octanol–water partition coefficient (Wildman–Crippen LogP) is 3.37. The van der Waals surface area contributed by atoms with E-state index < -0.39 is 16.5 Å². The van der Waals surface area contributed by atoms with Crippen LogP contribution >= 0.6 is 0 Å². The fraction of sp³-hybridized carbons (Fsp3) is 0.333. The van der Waals surface area contributed by atoms with Crippen LogP contribution in [0.5, 0.6) is 0 Å². The quantitative estimate of drug-likeness (QED) is 0.335. The maximum Gasteiger partial charge on any atom is 1.00 e. The molecule has 0 saturated heterocycles. The fourth-order valence-electron chi connectivity index (χ4n) is 2.89. The third-order valence-corrected chi connectivity index (χ3v) is 13.7. The molecule has 0 aromatic heterocycles. The van der Waals surface area contributed by atoms with Gasteiger partial charge < -0.3 is 4.65 Å². The van der Waals surface area contributed by atoms with E-state index in [1.807, 2.05) is 36.5 Å². The minimum absolute atomic E-state index is 0. The van der Waals surface area contributed by atoms with Crippen LogP contribution in [0.2, 0.25) is 36.3 Å². The van der Waals surface area contributed by atoms with E-state index >= 15 is 0 Å². The Balaban J connectivity index is 0. The van der Waals surface area contributed by atoms with Crippen LogP contribution in [0, 0.1) is 0 Å². The first-order chi connectivity index (χ1) is 10.1. The number of hydrogen-bond acceptors (Lipinski definition) is 0. The topological polar surface area (TPSA) is 14.1 Å². The van der Waals surface area contributed by atoms with Gasteiger partial charge in [0.2, 0.25) is 0 Å². The zero-order chi connectivity index (χ0) is 16.2. The summed E-state index contributed by atoms with van der Waals surface area (Å²) in [7, 11) is -3.71. The van der Waals surface area contributed by atoms with Gasteiger partial charge in [0.05, 0.1) is 0 Å². The van der Waals surface area contributed by atoms with E-state index in [0.717, 1.165) is 36.3 Å². The molecule has 0 atom stereocenters. The Morgan fingerprint density at radius 2 is 0.682 bits per heavy atom. The maximum absolute atomic E-state index is 5.53. The van der Waals surface area contributed by atoms with Crippen LogP contribution in [-0.4, -0.2) is 16.5 Å². The SMILES string of the molecule is C=CC[Si](CC=C)(CC=C)[N-][Si](CC=C)(CC=C)CC=C.[K+]. The second-order valence-corrected chi connectivity index (χ2v) is 13.8. The van der Waals surface area contributed by atoms with E-state index in [1.165, 1.54) is 0 Å². The molecule has 4 heteroatoms. The number of allylic oxidation sites excluding steroid dienone is 6.